The molecule has 0 aromatic heterocycles. The van der Waals surface area contributed by atoms with Crippen LogP contribution < -0.4 is 0 Å². The predicted molar refractivity (Wildman–Crippen MR) is 88.5 cm³/mol. The van der Waals surface area contributed by atoms with Crippen LogP contribution in [-0.2, 0) is 23.8 Å². The molecule has 0 aromatic rings. The highest BCUT2D eigenvalue weighted by atomic mass is 35.5. The Bertz CT molecular complexity index is 430. The van der Waals surface area contributed by atoms with Gasteiger partial charge in [-0.05, 0) is 25.7 Å². The first-order valence-corrected chi connectivity index (χ1v) is 8.72. The van der Waals surface area contributed by atoms with E-state index in [9.17, 15) is 9.59 Å². The monoisotopic (exact) mass is 368 g/mol. The van der Waals surface area contributed by atoms with E-state index in [1.54, 1.807) is 13.8 Å². The third-order valence-electron chi connectivity index (χ3n) is 4.01. The number of hydrogen-bond donors (Lipinski definition) is 0. The molecule has 23 heavy (non-hydrogen) atoms. The van der Waals surface area contributed by atoms with E-state index in [0.717, 1.165) is 0 Å². The SMILES string of the molecule is CCOC(=O)C1(C(=O)OCC)C(C(C)C)OC(C(C)C)C1(Cl)Cl. The molecule has 1 aliphatic heterocycles. The molecule has 1 rings (SSSR count). The summed E-state index contributed by atoms with van der Waals surface area (Å²) in [5.74, 6) is -1.89. The maximum atomic E-state index is 12.8. The molecule has 1 fully saturated rings. The lowest BCUT2D eigenvalue weighted by molar-refractivity contribution is -0.178. The van der Waals surface area contributed by atoms with E-state index >= 15 is 0 Å². The van der Waals surface area contributed by atoms with Crippen molar-refractivity contribution in [2.75, 3.05) is 13.2 Å². The van der Waals surface area contributed by atoms with Gasteiger partial charge in [0.25, 0.3) is 0 Å². The van der Waals surface area contributed by atoms with Crippen LogP contribution in [0.4, 0.5) is 0 Å². The van der Waals surface area contributed by atoms with Crippen molar-refractivity contribution in [2.45, 2.75) is 58.1 Å². The van der Waals surface area contributed by atoms with Gasteiger partial charge in [0, 0.05) is 0 Å². The van der Waals surface area contributed by atoms with Crippen molar-refractivity contribution in [1.29, 1.82) is 0 Å². The Labute approximate surface area is 147 Å². The van der Waals surface area contributed by atoms with Gasteiger partial charge < -0.3 is 14.2 Å². The van der Waals surface area contributed by atoms with Crippen molar-refractivity contribution in [3.63, 3.8) is 0 Å². The number of carbonyl (C=O) groups excluding carboxylic acids is 2. The Hall–Kier alpha value is -0.520. The predicted octanol–water partition coefficient (Wildman–Crippen LogP) is 3.35. The topological polar surface area (TPSA) is 61.8 Å². The number of rotatable bonds is 6. The number of ether oxygens (including phenoxy) is 3. The van der Waals surface area contributed by atoms with Crippen molar-refractivity contribution in [3.8, 4) is 0 Å². The molecule has 0 spiro atoms. The lowest BCUT2D eigenvalue weighted by atomic mass is 9.73. The Balaban J connectivity index is 3.57. The fourth-order valence-corrected chi connectivity index (χ4v) is 4.20. The lowest BCUT2D eigenvalue weighted by Gasteiger charge is -2.37. The van der Waals surface area contributed by atoms with Gasteiger partial charge in [0.2, 0.25) is 5.41 Å². The van der Waals surface area contributed by atoms with Crippen LogP contribution in [-0.4, -0.2) is 41.7 Å². The number of esters is 2. The maximum absolute atomic E-state index is 12.8. The molecule has 2 atom stereocenters. The Kier molecular flexibility index (Phi) is 6.76. The average Bonchev–Trinajstić information content (AvgIpc) is 2.67. The first-order chi connectivity index (χ1) is 10.6. The summed E-state index contributed by atoms with van der Waals surface area (Å²) in [6, 6.07) is 0. The van der Waals surface area contributed by atoms with Gasteiger partial charge in [-0.1, -0.05) is 50.9 Å². The molecule has 2 unspecified atom stereocenters. The zero-order valence-electron chi connectivity index (χ0n) is 14.5. The molecule has 0 bridgehead atoms. The summed E-state index contributed by atoms with van der Waals surface area (Å²) in [5.41, 5.74) is -1.91. The third kappa shape index (κ3) is 3.20. The molecule has 7 heteroatoms. The van der Waals surface area contributed by atoms with Crippen molar-refractivity contribution < 1.29 is 23.8 Å². The highest BCUT2D eigenvalue weighted by molar-refractivity contribution is 6.52. The van der Waals surface area contributed by atoms with Gasteiger partial charge >= 0.3 is 11.9 Å². The fraction of sp³-hybridized carbons (Fsp3) is 0.875. The van der Waals surface area contributed by atoms with Crippen LogP contribution in [0.15, 0.2) is 0 Å². The number of halogens is 2. The molecule has 0 saturated carbocycles. The van der Waals surface area contributed by atoms with E-state index in [2.05, 4.69) is 0 Å². The van der Waals surface area contributed by atoms with Crippen LogP contribution in [0.2, 0.25) is 0 Å². The largest absolute Gasteiger partial charge is 0.465 e. The normalized spacial score (nSPS) is 25.7. The van der Waals surface area contributed by atoms with Gasteiger partial charge in [-0.15, -0.1) is 0 Å². The van der Waals surface area contributed by atoms with E-state index in [4.69, 9.17) is 37.4 Å². The minimum Gasteiger partial charge on any atom is -0.465 e. The molecule has 0 aromatic carbocycles. The van der Waals surface area contributed by atoms with Gasteiger partial charge in [-0.3, -0.25) is 9.59 Å². The van der Waals surface area contributed by atoms with E-state index in [-0.39, 0.29) is 25.0 Å². The smallest absolute Gasteiger partial charge is 0.329 e. The van der Waals surface area contributed by atoms with Crippen LogP contribution in [0, 0.1) is 17.3 Å². The molecule has 5 nitrogen and oxygen atoms in total. The highest BCUT2D eigenvalue weighted by Gasteiger charge is 2.76. The molecule has 0 N–H and O–H groups in total. The van der Waals surface area contributed by atoms with Gasteiger partial charge in [-0.25, -0.2) is 0 Å². The molecule has 0 amide bonds. The van der Waals surface area contributed by atoms with Gasteiger partial charge in [0.1, 0.15) is 0 Å². The maximum Gasteiger partial charge on any atom is 0.329 e. The second-order valence-electron chi connectivity index (χ2n) is 6.34. The van der Waals surface area contributed by atoms with Crippen LogP contribution in [0.25, 0.3) is 0 Å². The number of carbonyl (C=O) groups is 2. The van der Waals surface area contributed by atoms with Gasteiger partial charge in [0.15, 0.2) is 4.33 Å². The summed E-state index contributed by atoms with van der Waals surface area (Å²) in [6.45, 7) is 10.9. The van der Waals surface area contributed by atoms with Crippen LogP contribution in [0.3, 0.4) is 0 Å². The van der Waals surface area contributed by atoms with E-state index in [1.807, 2.05) is 27.7 Å². The summed E-state index contributed by atoms with van der Waals surface area (Å²) in [7, 11) is 0. The zero-order valence-corrected chi connectivity index (χ0v) is 16.0. The molecule has 1 aliphatic rings. The molecule has 0 aliphatic carbocycles. The third-order valence-corrected chi connectivity index (χ3v) is 5.04. The molecule has 134 valence electrons. The minimum absolute atomic E-state index is 0.0982. The van der Waals surface area contributed by atoms with Crippen LogP contribution in [0.1, 0.15) is 41.5 Å². The van der Waals surface area contributed by atoms with Crippen molar-refractivity contribution >= 4 is 35.1 Å². The summed E-state index contributed by atoms with van der Waals surface area (Å²) in [4.78, 5) is 25.6. The Morgan fingerprint density at radius 3 is 1.65 bits per heavy atom. The van der Waals surface area contributed by atoms with Crippen LogP contribution >= 0.6 is 23.2 Å². The molecule has 0 radical (unpaired) electrons. The quantitative estimate of drug-likeness (QED) is 0.408. The first kappa shape index (κ1) is 20.5. The highest BCUT2D eigenvalue weighted by Crippen LogP contribution is 2.58. The summed E-state index contributed by atoms with van der Waals surface area (Å²) < 4.78 is 14.5. The molecular formula is C16H26Cl2O5. The first-order valence-electron chi connectivity index (χ1n) is 7.96. The van der Waals surface area contributed by atoms with Crippen LogP contribution in [0.5, 0.6) is 0 Å². The van der Waals surface area contributed by atoms with Crippen molar-refractivity contribution in [1.82, 2.24) is 0 Å². The molecule has 1 heterocycles. The minimum atomic E-state index is -1.91. The van der Waals surface area contributed by atoms with E-state index < -0.39 is 33.9 Å². The molecular weight excluding hydrogens is 343 g/mol. The fourth-order valence-electron chi connectivity index (χ4n) is 3.07. The lowest BCUT2D eigenvalue weighted by Crippen LogP contribution is -2.59. The Morgan fingerprint density at radius 1 is 0.957 bits per heavy atom. The summed E-state index contributed by atoms with van der Waals surface area (Å²) in [5, 5.41) is 0. The van der Waals surface area contributed by atoms with Gasteiger partial charge in [0.05, 0.1) is 25.4 Å². The van der Waals surface area contributed by atoms with Crippen molar-refractivity contribution in [2.24, 2.45) is 17.3 Å². The number of hydrogen-bond acceptors (Lipinski definition) is 5. The number of alkyl halides is 2. The second kappa shape index (κ2) is 7.58. The second-order valence-corrected chi connectivity index (χ2v) is 7.72. The van der Waals surface area contributed by atoms with E-state index in [1.165, 1.54) is 0 Å². The summed E-state index contributed by atoms with van der Waals surface area (Å²) in [6.07, 6.45) is -1.53. The standard InChI is InChI=1S/C16H26Cl2O5/c1-7-21-13(19)15(14(20)22-8-2)11(9(3)4)23-12(10(5)6)16(15,17)18/h9-12H,7-8H2,1-6H3. The van der Waals surface area contributed by atoms with Gasteiger partial charge in [-0.2, -0.15) is 0 Å². The summed E-state index contributed by atoms with van der Waals surface area (Å²) >= 11 is 13.2. The van der Waals surface area contributed by atoms with E-state index in [0.29, 0.717) is 0 Å². The Morgan fingerprint density at radius 2 is 1.35 bits per heavy atom. The van der Waals surface area contributed by atoms with Crippen molar-refractivity contribution in [3.05, 3.63) is 0 Å². The zero-order chi connectivity index (χ0) is 18.0. The average molecular weight is 369 g/mol. The molecule has 1 saturated heterocycles.